The second-order valence-electron chi connectivity index (χ2n) is 4.98. The first kappa shape index (κ1) is 13.7. The minimum atomic E-state index is -0.491. The van der Waals surface area contributed by atoms with Crippen LogP contribution in [0.15, 0.2) is 12.1 Å². The van der Waals surface area contributed by atoms with E-state index in [2.05, 4.69) is 20.3 Å². The Hall–Kier alpha value is -1.69. The van der Waals surface area contributed by atoms with E-state index < -0.39 is 5.97 Å². The number of hydrogen-bond acceptors (Lipinski definition) is 6. The van der Waals surface area contributed by atoms with Crippen LogP contribution in [0.4, 0.5) is 5.82 Å². The molecule has 1 aromatic heterocycles. The van der Waals surface area contributed by atoms with Crippen molar-refractivity contribution in [2.75, 3.05) is 25.6 Å². The number of carbonyl (C=O) groups is 1. The van der Waals surface area contributed by atoms with Gasteiger partial charge in [-0.05, 0) is 36.8 Å². The Morgan fingerprint density at radius 1 is 1.47 bits per heavy atom. The van der Waals surface area contributed by atoms with Crippen molar-refractivity contribution in [2.24, 2.45) is 5.41 Å². The van der Waals surface area contributed by atoms with Gasteiger partial charge >= 0.3 is 5.97 Å². The summed E-state index contributed by atoms with van der Waals surface area (Å²) in [5.74, 6) is 0.145. The van der Waals surface area contributed by atoms with E-state index in [1.807, 2.05) is 0 Å². The highest BCUT2D eigenvalue weighted by atomic mass is 16.5. The molecule has 0 amide bonds. The van der Waals surface area contributed by atoms with Crippen LogP contribution in [0.3, 0.4) is 0 Å². The quantitative estimate of drug-likeness (QED) is 0.752. The molecule has 2 N–H and O–H groups in total. The van der Waals surface area contributed by atoms with Gasteiger partial charge in [0.15, 0.2) is 5.69 Å². The number of aliphatic hydroxyl groups is 1. The van der Waals surface area contributed by atoms with Gasteiger partial charge in [-0.2, -0.15) is 0 Å². The van der Waals surface area contributed by atoms with Crippen molar-refractivity contribution in [3.63, 3.8) is 0 Å². The second kappa shape index (κ2) is 5.97. The minimum Gasteiger partial charge on any atom is -0.464 e. The molecule has 0 aromatic carbocycles. The molecule has 1 aliphatic rings. The summed E-state index contributed by atoms with van der Waals surface area (Å²) in [4.78, 5) is 11.2. The van der Waals surface area contributed by atoms with E-state index in [0.717, 1.165) is 25.8 Å². The predicted molar refractivity (Wildman–Crippen MR) is 69.8 cm³/mol. The molecule has 1 saturated carbocycles. The molecule has 1 aliphatic carbocycles. The number of ether oxygens (including phenoxy) is 1. The van der Waals surface area contributed by atoms with E-state index in [1.165, 1.54) is 13.5 Å². The topological polar surface area (TPSA) is 84.3 Å². The Balaban J connectivity index is 1.91. The Morgan fingerprint density at radius 2 is 2.26 bits per heavy atom. The van der Waals surface area contributed by atoms with E-state index >= 15 is 0 Å². The maximum absolute atomic E-state index is 11.2. The first-order chi connectivity index (χ1) is 9.19. The molecule has 0 saturated heterocycles. The Kier molecular flexibility index (Phi) is 4.31. The number of esters is 1. The monoisotopic (exact) mass is 265 g/mol. The van der Waals surface area contributed by atoms with E-state index in [9.17, 15) is 4.79 Å². The molecular formula is C13H19N3O3. The molecule has 1 fully saturated rings. The van der Waals surface area contributed by atoms with Crippen LogP contribution in [0.25, 0.3) is 0 Å². The fraction of sp³-hybridized carbons (Fsp3) is 0.615. The minimum absolute atomic E-state index is 0.192. The third kappa shape index (κ3) is 3.20. The third-order valence-electron chi connectivity index (χ3n) is 3.76. The van der Waals surface area contributed by atoms with Crippen LogP contribution in [0.1, 0.15) is 36.2 Å². The number of methoxy groups -OCH3 is 1. The summed E-state index contributed by atoms with van der Waals surface area (Å²) in [6, 6.07) is 3.30. The van der Waals surface area contributed by atoms with Crippen molar-refractivity contribution < 1.29 is 14.6 Å². The molecule has 0 spiro atoms. The highest BCUT2D eigenvalue weighted by Crippen LogP contribution is 2.43. The van der Waals surface area contributed by atoms with Crippen molar-refractivity contribution in [2.45, 2.75) is 25.7 Å². The lowest BCUT2D eigenvalue weighted by molar-refractivity contribution is 0.0592. The van der Waals surface area contributed by atoms with Gasteiger partial charge in [0.1, 0.15) is 5.82 Å². The summed E-state index contributed by atoms with van der Waals surface area (Å²) in [5, 5.41) is 20.0. The Labute approximate surface area is 112 Å². The lowest BCUT2D eigenvalue weighted by Gasteiger charge is -2.41. The van der Waals surface area contributed by atoms with E-state index in [-0.39, 0.29) is 17.7 Å². The standard InChI is InChI=1S/C13H19N3O3/c1-19-12(18)10-3-4-11(16-15-10)14-9-13(7-8-17)5-2-6-13/h3-4,17H,2,5-9H2,1H3,(H,14,16). The smallest absolute Gasteiger partial charge is 0.358 e. The van der Waals surface area contributed by atoms with Crippen molar-refractivity contribution in [3.05, 3.63) is 17.8 Å². The first-order valence-corrected chi connectivity index (χ1v) is 6.46. The molecule has 0 unspecified atom stereocenters. The summed E-state index contributed by atoms with van der Waals surface area (Å²) in [7, 11) is 1.31. The molecule has 2 rings (SSSR count). The van der Waals surface area contributed by atoms with Crippen LogP contribution in [0, 0.1) is 5.41 Å². The summed E-state index contributed by atoms with van der Waals surface area (Å²) in [6.07, 6.45) is 4.30. The fourth-order valence-corrected chi connectivity index (χ4v) is 2.35. The van der Waals surface area contributed by atoms with Crippen molar-refractivity contribution in [3.8, 4) is 0 Å². The predicted octanol–water partition coefficient (Wildman–Crippen LogP) is 1.23. The summed E-state index contributed by atoms with van der Waals surface area (Å²) in [6.45, 7) is 0.994. The number of aromatic nitrogens is 2. The molecule has 6 nitrogen and oxygen atoms in total. The molecule has 104 valence electrons. The molecular weight excluding hydrogens is 246 g/mol. The van der Waals surface area contributed by atoms with Crippen LogP contribution in [0.2, 0.25) is 0 Å². The molecule has 0 atom stereocenters. The van der Waals surface area contributed by atoms with E-state index in [1.54, 1.807) is 12.1 Å². The van der Waals surface area contributed by atoms with Crippen molar-refractivity contribution in [1.82, 2.24) is 10.2 Å². The highest BCUT2D eigenvalue weighted by Gasteiger charge is 2.36. The van der Waals surface area contributed by atoms with E-state index in [0.29, 0.717) is 5.82 Å². The number of rotatable bonds is 6. The highest BCUT2D eigenvalue weighted by molar-refractivity contribution is 5.86. The molecule has 0 aliphatic heterocycles. The van der Waals surface area contributed by atoms with Gasteiger partial charge in [-0.3, -0.25) is 0 Å². The van der Waals surface area contributed by atoms with Gasteiger partial charge in [0.25, 0.3) is 0 Å². The van der Waals surface area contributed by atoms with Gasteiger partial charge in [0.2, 0.25) is 0 Å². The van der Waals surface area contributed by atoms with Crippen LogP contribution in [-0.4, -0.2) is 41.5 Å². The average Bonchev–Trinajstić information content (AvgIpc) is 2.41. The molecule has 0 bridgehead atoms. The maximum atomic E-state index is 11.2. The van der Waals surface area contributed by atoms with Gasteiger partial charge in [-0.25, -0.2) is 4.79 Å². The zero-order valence-electron chi connectivity index (χ0n) is 11.1. The number of nitrogens with one attached hydrogen (secondary N) is 1. The number of carbonyl (C=O) groups excluding carboxylic acids is 1. The summed E-state index contributed by atoms with van der Waals surface area (Å²) in [5.41, 5.74) is 0.388. The number of anilines is 1. The van der Waals surface area contributed by atoms with Gasteiger partial charge in [0.05, 0.1) is 7.11 Å². The summed E-state index contributed by atoms with van der Waals surface area (Å²) < 4.78 is 4.56. The zero-order chi connectivity index (χ0) is 13.7. The normalized spacial score (nSPS) is 16.5. The van der Waals surface area contributed by atoms with Crippen LogP contribution >= 0.6 is 0 Å². The maximum Gasteiger partial charge on any atom is 0.358 e. The van der Waals surface area contributed by atoms with Gasteiger partial charge < -0.3 is 15.2 Å². The first-order valence-electron chi connectivity index (χ1n) is 6.46. The number of aliphatic hydroxyl groups excluding tert-OH is 1. The van der Waals surface area contributed by atoms with Crippen molar-refractivity contribution >= 4 is 11.8 Å². The van der Waals surface area contributed by atoms with Gasteiger partial charge in [0, 0.05) is 13.2 Å². The van der Waals surface area contributed by atoms with E-state index in [4.69, 9.17) is 5.11 Å². The zero-order valence-corrected chi connectivity index (χ0v) is 11.1. The lowest BCUT2D eigenvalue weighted by atomic mass is 9.67. The molecule has 0 radical (unpaired) electrons. The molecule has 1 heterocycles. The van der Waals surface area contributed by atoms with Crippen LogP contribution in [-0.2, 0) is 4.74 Å². The van der Waals surface area contributed by atoms with Crippen LogP contribution < -0.4 is 5.32 Å². The third-order valence-corrected chi connectivity index (χ3v) is 3.76. The van der Waals surface area contributed by atoms with Crippen molar-refractivity contribution in [1.29, 1.82) is 0 Å². The SMILES string of the molecule is COC(=O)c1ccc(NCC2(CCO)CCC2)nn1. The average molecular weight is 265 g/mol. The lowest BCUT2D eigenvalue weighted by Crippen LogP contribution is -2.37. The van der Waals surface area contributed by atoms with Gasteiger partial charge in [-0.1, -0.05) is 6.42 Å². The van der Waals surface area contributed by atoms with Crippen LogP contribution in [0.5, 0.6) is 0 Å². The van der Waals surface area contributed by atoms with Gasteiger partial charge in [-0.15, -0.1) is 10.2 Å². The summed E-state index contributed by atoms with van der Waals surface area (Å²) >= 11 is 0. The molecule has 1 aromatic rings. The Morgan fingerprint density at radius 3 is 2.74 bits per heavy atom. The number of nitrogens with zero attached hydrogens (tertiary/aromatic N) is 2. The second-order valence-corrected chi connectivity index (χ2v) is 4.98. The number of hydrogen-bond donors (Lipinski definition) is 2. The Bertz CT molecular complexity index is 429. The molecule has 6 heteroatoms. The fourth-order valence-electron chi connectivity index (χ4n) is 2.35. The molecule has 19 heavy (non-hydrogen) atoms. The largest absolute Gasteiger partial charge is 0.464 e.